The summed E-state index contributed by atoms with van der Waals surface area (Å²) in [6.45, 7) is 2.36. The summed E-state index contributed by atoms with van der Waals surface area (Å²) in [5.74, 6) is 0.855. The van der Waals surface area contributed by atoms with Gasteiger partial charge in [0.1, 0.15) is 29.7 Å². The molecule has 1 aliphatic heterocycles. The maximum absolute atomic E-state index is 12.9. The molecule has 10 nitrogen and oxygen atoms in total. The highest BCUT2D eigenvalue weighted by Crippen LogP contribution is 2.25. The van der Waals surface area contributed by atoms with Crippen LogP contribution in [0.3, 0.4) is 0 Å². The van der Waals surface area contributed by atoms with Crippen LogP contribution in [0.1, 0.15) is 44.5 Å². The molecule has 5 rings (SSSR count). The minimum atomic E-state index is -0.377. The highest BCUT2D eigenvalue weighted by Gasteiger charge is 2.19. The number of H-pyrrole nitrogens is 1. The molecule has 0 atom stereocenters. The Labute approximate surface area is 200 Å². The highest BCUT2D eigenvalue weighted by molar-refractivity contribution is 6.04. The first-order valence-corrected chi connectivity index (χ1v) is 11.1. The summed E-state index contributed by atoms with van der Waals surface area (Å²) >= 11 is 0. The summed E-state index contributed by atoms with van der Waals surface area (Å²) in [5, 5.41) is 13.2. The molecular formula is C25H22N6O4. The van der Waals surface area contributed by atoms with Crippen molar-refractivity contribution in [3.63, 3.8) is 0 Å². The SMILES string of the molecule is CC(=O)c1ccc(CNc2n[nH]c3c(C(=O)NCc4ccc5c(c4)CC(=O)CO5)ncnc23)cc1. The Balaban J connectivity index is 1.27. The van der Waals surface area contributed by atoms with Crippen LogP contribution in [-0.2, 0) is 24.3 Å². The summed E-state index contributed by atoms with van der Waals surface area (Å²) in [4.78, 5) is 44.4. The Morgan fingerprint density at radius 1 is 1.06 bits per heavy atom. The maximum atomic E-state index is 12.9. The predicted octanol–water partition coefficient (Wildman–Crippen LogP) is 2.60. The van der Waals surface area contributed by atoms with Gasteiger partial charge in [-0.05, 0) is 30.2 Å². The topological polar surface area (TPSA) is 139 Å². The summed E-state index contributed by atoms with van der Waals surface area (Å²) in [6.07, 6.45) is 1.65. The molecule has 10 heteroatoms. The summed E-state index contributed by atoms with van der Waals surface area (Å²) in [6, 6.07) is 12.8. The smallest absolute Gasteiger partial charge is 0.272 e. The lowest BCUT2D eigenvalue weighted by Crippen LogP contribution is -2.25. The molecule has 0 saturated carbocycles. The van der Waals surface area contributed by atoms with Crippen LogP contribution < -0.4 is 15.4 Å². The van der Waals surface area contributed by atoms with Gasteiger partial charge < -0.3 is 15.4 Å². The van der Waals surface area contributed by atoms with Gasteiger partial charge in [0.15, 0.2) is 23.1 Å². The van der Waals surface area contributed by atoms with E-state index >= 15 is 0 Å². The van der Waals surface area contributed by atoms with E-state index in [1.165, 1.54) is 13.3 Å². The van der Waals surface area contributed by atoms with Gasteiger partial charge in [0.05, 0.1) is 0 Å². The number of hydrogen-bond acceptors (Lipinski definition) is 8. The van der Waals surface area contributed by atoms with Gasteiger partial charge in [-0.1, -0.05) is 30.3 Å². The third-order valence-corrected chi connectivity index (χ3v) is 5.74. The lowest BCUT2D eigenvalue weighted by atomic mass is 10.0. The summed E-state index contributed by atoms with van der Waals surface area (Å²) < 4.78 is 5.41. The van der Waals surface area contributed by atoms with Crippen molar-refractivity contribution in [2.24, 2.45) is 0 Å². The molecule has 4 aromatic rings. The van der Waals surface area contributed by atoms with Crippen molar-refractivity contribution in [2.45, 2.75) is 26.4 Å². The van der Waals surface area contributed by atoms with Gasteiger partial charge in [-0.15, -0.1) is 0 Å². The van der Waals surface area contributed by atoms with E-state index in [4.69, 9.17) is 4.74 Å². The van der Waals surface area contributed by atoms with Crippen molar-refractivity contribution in [2.75, 3.05) is 11.9 Å². The standard InChI is InChI=1S/C25H22N6O4/c1-14(32)17-5-2-15(3-6-17)10-26-24-22-21(30-31-24)23(29-13-28-22)25(34)27-11-16-4-7-20-18(8-16)9-19(33)12-35-20/h2-8,13H,9-12H2,1H3,(H,27,34)(H2,26,30,31). The number of ketones is 2. The second kappa shape index (κ2) is 9.34. The number of hydrogen-bond donors (Lipinski definition) is 3. The van der Waals surface area contributed by atoms with E-state index < -0.39 is 0 Å². The lowest BCUT2D eigenvalue weighted by Gasteiger charge is -2.17. The van der Waals surface area contributed by atoms with Crippen molar-refractivity contribution in [1.29, 1.82) is 0 Å². The first-order valence-electron chi connectivity index (χ1n) is 11.1. The molecule has 0 bridgehead atoms. The number of amides is 1. The summed E-state index contributed by atoms with van der Waals surface area (Å²) in [5.41, 5.74) is 4.38. The molecule has 3 N–H and O–H groups in total. The number of nitrogens with one attached hydrogen (secondary N) is 3. The van der Waals surface area contributed by atoms with Crippen LogP contribution in [-0.4, -0.2) is 44.2 Å². The average Bonchev–Trinajstić information content (AvgIpc) is 3.29. The van der Waals surface area contributed by atoms with Gasteiger partial charge in [0.25, 0.3) is 5.91 Å². The molecule has 0 saturated heterocycles. The van der Waals surface area contributed by atoms with E-state index in [0.29, 0.717) is 41.1 Å². The van der Waals surface area contributed by atoms with Gasteiger partial charge in [-0.2, -0.15) is 5.10 Å². The van der Waals surface area contributed by atoms with Crippen LogP contribution in [0.2, 0.25) is 0 Å². The monoisotopic (exact) mass is 470 g/mol. The highest BCUT2D eigenvalue weighted by atomic mass is 16.5. The summed E-state index contributed by atoms with van der Waals surface area (Å²) in [7, 11) is 0. The number of rotatable bonds is 7. The van der Waals surface area contributed by atoms with E-state index in [9.17, 15) is 14.4 Å². The Morgan fingerprint density at radius 2 is 1.86 bits per heavy atom. The second-order valence-electron chi connectivity index (χ2n) is 8.25. The van der Waals surface area contributed by atoms with Gasteiger partial charge in [0, 0.05) is 30.6 Å². The van der Waals surface area contributed by atoms with E-state index in [2.05, 4.69) is 30.8 Å². The minimum Gasteiger partial charge on any atom is -0.486 e. The van der Waals surface area contributed by atoms with Crippen LogP contribution >= 0.6 is 0 Å². The number of anilines is 1. The van der Waals surface area contributed by atoms with Gasteiger partial charge in [-0.25, -0.2) is 9.97 Å². The number of nitrogens with zero attached hydrogens (tertiary/aromatic N) is 3. The van der Waals surface area contributed by atoms with Crippen molar-refractivity contribution in [3.05, 3.63) is 76.7 Å². The molecule has 2 aromatic heterocycles. The Bertz CT molecular complexity index is 1440. The number of carbonyl (C=O) groups excluding carboxylic acids is 3. The molecule has 0 fully saturated rings. The largest absolute Gasteiger partial charge is 0.486 e. The van der Waals surface area contributed by atoms with Crippen molar-refractivity contribution in [1.82, 2.24) is 25.5 Å². The van der Waals surface area contributed by atoms with Crippen molar-refractivity contribution in [3.8, 4) is 5.75 Å². The second-order valence-corrected chi connectivity index (χ2v) is 8.25. The fourth-order valence-corrected chi connectivity index (χ4v) is 3.88. The van der Waals surface area contributed by atoms with Crippen molar-refractivity contribution >= 4 is 34.3 Å². The number of ether oxygens (including phenoxy) is 1. The molecule has 2 aromatic carbocycles. The zero-order chi connectivity index (χ0) is 24.4. The molecule has 176 valence electrons. The van der Waals surface area contributed by atoms with E-state index in [1.54, 1.807) is 12.1 Å². The first-order chi connectivity index (χ1) is 17.0. The zero-order valence-electron chi connectivity index (χ0n) is 18.9. The molecule has 0 aliphatic carbocycles. The molecule has 1 aliphatic rings. The van der Waals surface area contributed by atoms with Crippen LogP contribution in [0.5, 0.6) is 5.75 Å². The predicted molar refractivity (Wildman–Crippen MR) is 127 cm³/mol. The molecule has 35 heavy (non-hydrogen) atoms. The Morgan fingerprint density at radius 3 is 2.66 bits per heavy atom. The maximum Gasteiger partial charge on any atom is 0.272 e. The fraction of sp³-hybridized carbons (Fsp3) is 0.200. The average molecular weight is 470 g/mol. The molecule has 0 radical (unpaired) electrons. The number of fused-ring (bicyclic) bond motifs is 2. The van der Waals surface area contributed by atoms with Crippen LogP contribution in [0.15, 0.2) is 48.8 Å². The molecule has 1 amide bonds. The van der Waals surface area contributed by atoms with Crippen LogP contribution in [0.4, 0.5) is 5.82 Å². The molecular weight excluding hydrogens is 448 g/mol. The normalized spacial score (nSPS) is 12.7. The van der Waals surface area contributed by atoms with Crippen LogP contribution in [0.25, 0.3) is 11.0 Å². The van der Waals surface area contributed by atoms with Crippen molar-refractivity contribution < 1.29 is 19.1 Å². The Hall–Kier alpha value is -4.60. The first kappa shape index (κ1) is 22.2. The number of aromatic amines is 1. The number of aromatic nitrogens is 4. The van der Waals surface area contributed by atoms with Gasteiger partial charge >= 0.3 is 0 Å². The molecule has 0 spiro atoms. The molecule has 3 heterocycles. The quantitative estimate of drug-likeness (QED) is 0.350. The Kier molecular flexibility index (Phi) is 5.92. The van der Waals surface area contributed by atoms with Crippen LogP contribution in [0, 0.1) is 0 Å². The number of benzene rings is 2. The minimum absolute atomic E-state index is 0.0149. The number of Topliss-reactive ketones (excluding diaryl/α,β-unsaturated/α-hetero) is 2. The molecule has 0 unspecified atom stereocenters. The van der Waals surface area contributed by atoms with E-state index in [-0.39, 0.29) is 36.3 Å². The third-order valence-electron chi connectivity index (χ3n) is 5.74. The third kappa shape index (κ3) is 4.72. The van der Waals surface area contributed by atoms with Gasteiger partial charge in [0.2, 0.25) is 0 Å². The zero-order valence-corrected chi connectivity index (χ0v) is 18.9. The van der Waals surface area contributed by atoms with E-state index in [0.717, 1.165) is 16.7 Å². The lowest BCUT2D eigenvalue weighted by molar-refractivity contribution is -0.121. The van der Waals surface area contributed by atoms with Gasteiger partial charge in [-0.3, -0.25) is 19.5 Å². The fourth-order valence-electron chi connectivity index (χ4n) is 3.88. The van der Waals surface area contributed by atoms with E-state index in [1.807, 2.05) is 30.3 Å². The number of carbonyl (C=O) groups is 3.